The molecule has 1 aromatic rings. The van der Waals surface area contributed by atoms with Crippen LogP contribution in [0.15, 0.2) is 16.5 Å². The zero-order valence-corrected chi connectivity index (χ0v) is 13.3. The summed E-state index contributed by atoms with van der Waals surface area (Å²) >= 11 is 0. The van der Waals surface area contributed by atoms with Crippen LogP contribution in [0, 0.1) is 5.92 Å². The van der Waals surface area contributed by atoms with Gasteiger partial charge in [0.15, 0.2) is 5.76 Å². The molecule has 0 aromatic carbocycles. The van der Waals surface area contributed by atoms with Gasteiger partial charge in [-0.15, -0.1) is 0 Å². The van der Waals surface area contributed by atoms with Gasteiger partial charge in [0.05, 0.1) is 6.26 Å². The van der Waals surface area contributed by atoms with E-state index in [-0.39, 0.29) is 11.8 Å². The molecule has 0 saturated carbocycles. The molecule has 0 radical (unpaired) electrons. The number of furan rings is 1. The van der Waals surface area contributed by atoms with Gasteiger partial charge in [-0.25, -0.2) is 13.1 Å². The lowest BCUT2D eigenvalue weighted by Crippen LogP contribution is -2.43. The summed E-state index contributed by atoms with van der Waals surface area (Å²) in [6.07, 6.45) is 3.70. The molecule has 1 fully saturated rings. The predicted molar refractivity (Wildman–Crippen MR) is 79.6 cm³/mol. The molecule has 1 amide bonds. The lowest BCUT2D eigenvalue weighted by atomic mass is 9.98. The fraction of sp³-hybridized carbons (Fsp3) is 0.643. The Labute approximate surface area is 125 Å². The fourth-order valence-electron chi connectivity index (χ4n) is 2.52. The van der Waals surface area contributed by atoms with Crippen LogP contribution in [0.4, 0.5) is 0 Å². The van der Waals surface area contributed by atoms with Crippen molar-refractivity contribution in [3.8, 4) is 0 Å². The van der Waals surface area contributed by atoms with E-state index in [4.69, 9.17) is 4.42 Å². The molecular weight excluding hydrogens is 292 g/mol. The Balaban J connectivity index is 1.95. The summed E-state index contributed by atoms with van der Waals surface area (Å²) in [5.41, 5.74) is 0. The SMILES string of the molecule is CCc1ccc(C(=O)N2CCC[C@@H](CNS(C)(=O)=O)C2)o1. The topological polar surface area (TPSA) is 79.6 Å². The first kappa shape index (κ1) is 16.0. The molecule has 118 valence electrons. The van der Waals surface area contributed by atoms with Gasteiger partial charge in [0.1, 0.15) is 5.76 Å². The highest BCUT2D eigenvalue weighted by molar-refractivity contribution is 7.88. The number of hydrogen-bond acceptors (Lipinski definition) is 4. The fourth-order valence-corrected chi connectivity index (χ4v) is 3.06. The van der Waals surface area contributed by atoms with Gasteiger partial charge in [-0.3, -0.25) is 4.79 Å². The molecule has 1 N–H and O–H groups in total. The zero-order chi connectivity index (χ0) is 15.5. The smallest absolute Gasteiger partial charge is 0.289 e. The first-order chi connectivity index (χ1) is 9.89. The van der Waals surface area contributed by atoms with Gasteiger partial charge < -0.3 is 9.32 Å². The number of piperidine rings is 1. The van der Waals surface area contributed by atoms with Crippen LogP contribution in [0.2, 0.25) is 0 Å². The second kappa shape index (κ2) is 6.62. The largest absolute Gasteiger partial charge is 0.456 e. The Kier molecular flexibility index (Phi) is 5.05. The number of sulfonamides is 1. The molecule has 0 spiro atoms. The monoisotopic (exact) mass is 314 g/mol. The summed E-state index contributed by atoms with van der Waals surface area (Å²) in [7, 11) is -3.19. The van der Waals surface area contributed by atoms with Crippen LogP contribution in [0.1, 0.15) is 36.1 Å². The van der Waals surface area contributed by atoms with Gasteiger partial charge in [0.25, 0.3) is 5.91 Å². The van der Waals surface area contributed by atoms with Gasteiger partial charge in [0, 0.05) is 26.1 Å². The standard InChI is InChI=1S/C14H22N2O4S/c1-3-12-6-7-13(20-12)14(17)16-8-4-5-11(10-16)9-15-21(2,18)19/h6-7,11,15H,3-5,8-10H2,1-2H3/t11-/m0/s1. The highest BCUT2D eigenvalue weighted by Gasteiger charge is 2.26. The van der Waals surface area contributed by atoms with E-state index in [9.17, 15) is 13.2 Å². The molecule has 6 nitrogen and oxygen atoms in total. The maximum Gasteiger partial charge on any atom is 0.289 e. The number of nitrogens with zero attached hydrogens (tertiary/aromatic N) is 1. The first-order valence-corrected chi connectivity index (χ1v) is 9.11. The van der Waals surface area contributed by atoms with Crippen LogP contribution in [0.25, 0.3) is 0 Å². The van der Waals surface area contributed by atoms with Crippen LogP contribution in [0.5, 0.6) is 0 Å². The van der Waals surface area contributed by atoms with Crippen LogP contribution in [-0.2, 0) is 16.4 Å². The van der Waals surface area contributed by atoms with Gasteiger partial charge >= 0.3 is 0 Å². The Bertz CT molecular complexity index is 594. The average Bonchev–Trinajstić information content (AvgIpc) is 2.93. The summed E-state index contributed by atoms with van der Waals surface area (Å²) in [4.78, 5) is 14.1. The molecule has 0 bridgehead atoms. The van der Waals surface area contributed by atoms with Crippen molar-refractivity contribution in [3.05, 3.63) is 23.7 Å². The second-order valence-electron chi connectivity index (χ2n) is 5.50. The van der Waals surface area contributed by atoms with Crippen molar-refractivity contribution in [1.29, 1.82) is 0 Å². The normalized spacial score (nSPS) is 19.7. The summed E-state index contributed by atoms with van der Waals surface area (Å²) in [6.45, 7) is 3.60. The molecule has 0 unspecified atom stereocenters. The number of amides is 1. The number of likely N-dealkylation sites (tertiary alicyclic amines) is 1. The molecule has 1 atom stereocenters. The van der Waals surface area contributed by atoms with Crippen molar-refractivity contribution in [1.82, 2.24) is 9.62 Å². The molecular formula is C14H22N2O4S. The molecule has 2 heterocycles. The van der Waals surface area contributed by atoms with Crippen LogP contribution >= 0.6 is 0 Å². The van der Waals surface area contributed by atoms with E-state index in [1.54, 1.807) is 11.0 Å². The number of carbonyl (C=O) groups excluding carboxylic acids is 1. The van der Waals surface area contributed by atoms with E-state index in [2.05, 4.69) is 4.72 Å². The van der Waals surface area contributed by atoms with Gasteiger partial charge in [0.2, 0.25) is 10.0 Å². The minimum Gasteiger partial charge on any atom is -0.456 e. The van der Waals surface area contributed by atoms with E-state index >= 15 is 0 Å². The van der Waals surface area contributed by atoms with Crippen molar-refractivity contribution in [3.63, 3.8) is 0 Å². The van der Waals surface area contributed by atoms with Crippen molar-refractivity contribution in [2.45, 2.75) is 26.2 Å². The Morgan fingerprint density at radius 2 is 2.24 bits per heavy atom. The first-order valence-electron chi connectivity index (χ1n) is 7.21. The van der Waals surface area contributed by atoms with Crippen molar-refractivity contribution >= 4 is 15.9 Å². The molecule has 21 heavy (non-hydrogen) atoms. The Morgan fingerprint density at radius 1 is 1.48 bits per heavy atom. The Hall–Kier alpha value is -1.34. The summed E-state index contributed by atoms with van der Waals surface area (Å²) in [5, 5.41) is 0. The molecule has 1 saturated heterocycles. The van der Waals surface area contributed by atoms with E-state index in [0.717, 1.165) is 31.3 Å². The maximum absolute atomic E-state index is 12.4. The van der Waals surface area contributed by atoms with E-state index in [0.29, 0.717) is 25.4 Å². The molecule has 1 aromatic heterocycles. The quantitative estimate of drug-likeness (QED) is 0.887. The predicted octanol–water partition coefficient (Wildman–Crippen LogP) is 1.24. The zero-order valence-electron chi connectivity index (χ0n) is 12.5. The van der Waals surface area contributed by atoms with Crippen LogP contribution in [-0.4, -0.2) is 45.1 Å². The van der Waals surface area contributed by atoms with Gasteiger partial charge in [-0.05, 0) is 30.9 Å². The van der Waals surface area contributed by atoms with E-state index in [1.165, 1.54) is 0 Å². The van der Waals surface area contributed by atoms with Crippen molar-refractivity contribution < 1.29 is 17.6 Å². The molecule has 7 heteroatoms. The van der Waals surface area contributed by atoms with Gasteiger partial charge in [-0.2, -0.15) is 0 Å². The third-order valence-electron chi connectivity index (χ3n) is 3.66. The number of aryl methyl sites for hydroxylation is 1. The lowest BCUT2D eigenvalue weighted by molar-refractivity contribution is 0.0642. The number of nitrogens with one attached hydrogen (secondary N) is 1. The van der Waals surface area contributed by atoms with Crippen molar-refractivity contribution in [2.24, 2.45) is 5.92 Å². The average molecular weight is 314 g/mol. The molecule has 1 aliphatic rings. The summed E-state index contributed by atoms with van der Waals surface area (Å²) in [5.74, 6) is 1.20. The van der Waals surface area contributed by atoms with Crippen LogP contribution in [0.3, 0.4) is 0 Å². The van der Waals surface area contributed by atoms with Crippen LogP contribution < -0.4 is 4.72 Å². The van der Waals surface area contributed by atoms with Gasteiger partial charge in [-0.1, -0.05) is 6.92 Å². The summed E-state index contributed by atoms with van der Waals surface area (Å²) < 4.78 is 30.3. The van der Waals surface area contributed by atoms with Crippen molar-refractivity contribution in [2.75, 3.05) is 25.9 Å². The summed E-state index contributed by atoms with van der Waals surface area (Å²) in [6, 6.07) is 3.53. The molecule has 0 aliphatic carbocycles. The highest BCUT2D eigenvalue weighted by atomic mass is 32.2. The highest BCUT2D eigenvalue weighted by Crippen LogP contribution is 2.19. The lowest BCUT2D eigenvalue weighted by Gasteiger charge is -2.32. The minimum absolute atomic E-state index is 0.112. The molecule has 2 rings (SSSR count). The number of hydrogen-bond donors (Lipinski definition) is 1. The minimum atomic E-state index is -3.19. The van der Waals surface area contributed by atoms with E-state index in [1.807, 2.05) is 13.0 Å². The maximum atomic E-state index is 12.4. The third kappa shape index (κ3) is 4.57. The Morgan fingerprint density at radius 3 is 2.86 bits per heavy atom. The molecule has 1 aliphatic heterocycles. The third-order valence-corrected chi connectivity index (χ3v) is 4.35. The van der Waals surface area contributed by atoms with E-state index < -0.39 is 10.0 Å². The number of rotatable bonds is 5. The number of carbonyl (C=O) groups is 1. The second-order valence-corrected chi connectivity index (χ2v) is 7.33.